The van der Waals surface area contributed by atoms with Crippen molar-refractivity contribution in [3.05, 3.63) is 548 Å². The third-order valence-electron chi connectivity index (χ3n) is 30.8. The van der Waals surface area contributed by atoms with Crippen molar-refractivity contribution < 1.29 is 8.83 Å². The minimum atomic E-state index is -0.270. The van der Waals surface area contributed by atoms with Crippen LogP contribution in [0.4, 0.5) is 51.2 Å². The molecular weight excluding hydrogens is 1720 g/mol. The van der Waals surface area contributed by atoms with E-state index in [-0.39, 0.29) is 21.7 Å². The molecule has 5 nitrogen and oxygen atoms in total. The summed E-state index contributed by atoms with van der Waals surface area (Å²) in [6.07, 6.45) is 0. The summed E-state index contributed by atoms with van der Waals surface area (Å²) >= 11 is 0. The van der Waals surface area contributed by atoms with E-state index < -0.39 is 0 Å². The largest absolute Gasteiger partial charge is 0.455 e. The highest BCUT2D eigenvalue weighted by atomic mass is 16.3. The average molecular weight is 1820 g/mol. The van der Waals surface area contributed by atoms with Gasteiger partial charge in [0, 0.05) is 105 Å². The first-order valence-corrected chi connectivity index (χ1v) is 49.5. The maximum Gasteiger partial charge on any atom is 0.143 e. The first kappa shape index (κ1) is 86.2. The van der Waals surface area contributed by atoms with Gasteiger partial charge in [0.25, 0.3) is 0 Å². The number of benzene rings is 21. The highest BCUT2D eigenvalue weighted by molar-refractivity contribution is 6.13. The summed E-state index contributed by atoms with van der Waals surface area (Å²) in [4.78, 5) is 7.23. The van der Waals surface area contributed by atoms with Gasteiger partial charge in [-0.25, -0.2) is 0 Å². The molecule has 0 saturated heterocycles. The van der Waals surface area contributed by atoms with Gasteiger partial charge >= 0.3 is 0 Å². The lowest BCUT2D eigenvalue weighted by Crippen LogP contribution is -2.22. The Kier molecular flexibility index (Phi) is 21.0. The summed E-state index contributed by atoms with van der Waals surface area (Å²) in [6, 6.07) is 180. The second-order valence-electron chi connectivity index (χ2n) is 39.8. The van der Waals surface area contributed by atoms with Crippen molar-refractivity contribution >= 4 is 95.1 Å². The molecule has 678 valence electrons. The van der Waals surface area contributed by atoms with Crippen LogP contribution in [0.3, 0.4) is 0 Å². The van der Waals surface area contributed by atoms with Crippen LogP contribution in [-0.4, -0.2) is 0 Å². The molecule has 0 aliphatic heterocycles. The van der Waals surface area contributed by atoms with Crippen molar-refractivity contribution in [3.8, 4) is 100 Å². The highest BCUT2D eigenvalue weighted by Crippen LogP contribution is 2.60. The predicted octanol–water partition coefficient (Wildman–Crippen LogP) is 37.9. The zero-order valence-corrected chi connectivity index (χ0v) is 80.5. The summed E-state index contributed by atoms with van der Waals surface area (Å²) in [7, 11) is 0. The maximum atomic E-state index is 6.61. The Labute approximate surface area is 830 Å². The van der Waals surface area contributed by atoms with Crippen molar-refractivity contribution in [3.63, 3.8) is 0 Å². The number of furan rings is 2. The number of para-hydroxylation sites is 3. The lowest BCUT2D eigenvalue weighted by molar-refractivity contribution is 0.653. The van der Waals surface area contributed by atoms with Crippen LogP contribution in [-0.2, 0) is 21.7 Å². The van der Waals surface area contributed by atoms with Crippen LogP contribution < -0.4 is 14.7 Å². The Morgan fingerprint density at radius 3 is 0.958 bits per heavy atom. The van der Waals surface area contributed by atoms with Gasteiger partial charge in [0.05, 0.1) is 5.69 Å². The number of hydrogen-bond acceptors (Lipinski definition) is 5. The Morgan fingerprint density at radius 1 is 0.169 bits per heavy atom. The van der Waals surface area contributed by atoms with E-state index in [0.29, 0.717) is 0 Å². The lowest BCUT2D eigenvalue weighted by atomic mass is 9.74. The van der Waals surface area contributed by atoms with Crippen molar-refractivity contribution in [2.24, 2.45) is 0 Å². The second kappa shape index (κ2) is 34.6. The molecule has 27 rings (SSSR count). The van der Waals surface area contributed by atoms with Crippen molar-refractivity contribution in [1.29, 1.82) is 0 Å². The molecule has 0 N–H and O–H groups in total. The number of nitrogens with zero attached hydrogens (tertiary/aromatic N) is 3. The molecule has 21 aromatic carbocycles. The van der Waals surface area contributed by atoms with Gasteiger partial charge in [-0.15, -0.1) is 0 Å². The summed E-state index contributed by atoms with van der Waals surface area (Å²) in [5.74, 6) is 0. The van der Waals surface area contributed by atoms with Gasteiger partial charge < -0.3 is 23.5 Å². The first-order chi connectivity index (χ1) is 69.6. The average Bonchev–Trinajstić information content (AvgIpc) is 1.55. The first-order valence-electron chi connectivity index (χ1n) is 49.5. The fraction of sp³-hybridized carbons (Fsp3) is 0.0803. The summed E-state index contributed by atoms with van der Waals surface area (Å²) in [5, 5.41) is 4.61. The highest BCUT2D eigenvalue weighted by Gasteiger charge is 2.45. The SMILES string of the molecule is CC1(C)c2ccc(N(c3ccc(-c4ccccc4)cc3)c3ccc(-c4ccccc4)cc3)cc2-c2c1ccc1c2oc2ccccc21.CC1(C)c2ccccc2-c2ccc(N(c3ccc(-c4ccccc4)cc3)c3ccc(-c4cccc5c4oc4ccccc45)cc3)cc21.CC1(C)c2ccccc2-c2ccc(N(c3ccc(-c4ccccc4)cc3)c3cccc4c3-c3ccccc3C4(C)c3ccccc3)cc21. The van der Waals surface area contributed by atoms with Crippen LogP contribution in [0.25, 0.3) is 144 Å². The van der Waals surface area contributed by atoms with E-state index in [4.69, 9.17) is 8.83 Å². The Balaban J connectivity index is 0.000000112. The summed E-state index contributed by atoms with van der Waals surface area (Å²) in [5.41, 5.74) is 47.8. The smallest absolute Gasteiger partial charge is 0.143 e. The lowest BCUT2D eigenvalue weighted by Gasteiger charge is -2.31. The summed E-state index contributed by atoms with van der Waals surface area (Å²) in [6.45, 7) is 16.5. The molecule has 1 atom stereocenters. The number of rotatable bonds is 15. The molecule has 2 heterocycles. The minimum absolute atomic E-state index is 0.0834. The van der Waals surface area contributed by atoms with E-state index in [9.17, 15) is 0 Å². The van der Waals surface area contributed by atoms with Crippen molar-refractivity contribution in [2.75, 3.05) is 14.7 Å². The molecule has 0 fully saturated rings. The van der Waals surface area contributed by atoms with Crippen LogP contribution in [0, 0.1) is 0 Å². The van der Waals surface area contributed by atoms with Crippen LogP contribution in [0.15, 0.2) is 506 Å². The molecule has 4 aliphatic carbocycles. The van der Waals surface area contributed by atoms with E-state index in [1.165, 1.54) is 156 Å². The number of hydrogen-bond donors (Lipinski definition) is 0. The number of fused-ring (bicyclic) bond motifs is 19. The standard InChI is InChI=1S/C47H37N.2C45H33NO/c1-46(2)40-21-12-10-19-37(40)38-30-29-36(31-43(38)46)48(35-27-25-33(26-28-35)32-15-6-4-7-16-32)44-24-14-23-42-45(44)39-20-11-13-22-41(39)47(42,3)34-17-8-5-9-18-34;1-45(2)40-27-25-36(29-39(40)43-41(45)28-26-38-37-15-9-10-16-42(37)47-44(38)43)46(34-21-17-32(18-22-34)30-11-5-3-6-12-30)35-23-19-33(20-24-35)31-13-7-4-8-14-31;1-45(2)41-17-8-6-13-37(41)38-28-27-35(29-42(38)45)46(33-23-19-31(20-24-33)30-11-4-3-5-12-30)34-25-21-32(22-26-34)36-15-10-16-40-39-14-7-9-18-43(39)47-44(36)40/h4-31H,1-3H3;2*3-29H,1-2H3. The molecule has 5 heteroatoms. The zero-order valence-electron chi connectivity index (χ0n) is 80.5. The van der Waals surface area contributed by atoms with Crippen LogP contribution in [0.2, 0.25) is 0 Å². The Morgan fingerprint density at radius 2 is 0.479 bits per heavy atom. The molecular formula is C137H103N3O2. The molecule has 0 amide bonds. The molecule has 142 heavy (non-hydrogen) atoms. The topological polar surface area (TPSA) is 36.0 Å². The van der Waals surface area contributed by atoms with E-state index >= 15 is 0 Å². The molecule has 0 bridgehead atoms. The van der Waals surface area contributed by atoms with Gasteiger partial charge in [0.2, 0.25) is 0 Å². The normalized spacial score (nSPS) is 14.2. The van der Waals surface area contributed by atoms with Gasteiger partial charge in [0.1, 0.15) is 22.3 Å². The van der Waals surface area contributed by atoms with Crippen molar-refractivity contribution in [2.45, 2.75) is 70.1 Å². The molecule has 4 aliphatic rings. The van der Waals surface area contributed by atoms with Gasteiger partial charge in [0.15, 0.2) is 0 Å². The monoisotopic (exact) mass is 1820 g/mol. The van der Waals surface area contributed by atoms with Gasteiger partial charge in [-0.05, 0) is 256 Å². The summed E-state index contributed by atoms with van der Waals surface area (Å²) < 4.78 is 13.0. The van der Waals surface area contributed by atoms with E-state index in [1.807, 2.05) is 18.2 Å². The quantitative estimate of drug-likeness (QED) is 0.102. The Hall–Kier alpha value is -17.4. The van der Waals surface area contributed by atoms with Crippen molar-refractivity contribution in [1.82, 2.24) is 0 Å². The Bertz CT molecular complexity index is 8680. The van der Waals surface area contributed by atoms with E-state index in [2.05, 4.69) is 542 Å². The second-order valence-corrected chi connectivity index (χ2v) is 39.8. The fourth-order valence-electron chi connectivity index (χ4n) is 23.4. The van der Waals surface area contributed by atoms with Gasteiger partial charge in [-0.2, -0.15) is 0 Å². The minimum Gasteiger partial charge on any atom is -0.455 e. The predicted molar refractivity (Wildman–Crippen MR) is 595 cm³/mol. The molecule has 2 aromatic heterocycles. The van der Waals surface area contributed by atoms with Gasteiger partial charge in [-0.1, -0.05) is 424 Å². The molecule has 0 spiro atoms. The molecule has 0 radical (unpaired) electrons. The van der Waals surface area contributed by atoms with Crippen LogP contribution in [0.1, 0.15) is 98.5 Å². The number of anilines is 9. The third kappa shape index (κ3) is 14.5. The molecule has 1 unspecified atom stereocenters. The van der Waals surface area contributed by atoms with Crippen LogP contribution >= 0.6 is 0 Å². The third-order valence-corrected chi connectivity index (χ3v) is 30.8. The zero-order chi connectivity index (χ0) is 95.5. The van der Waals surface area contributed by atoms with E-state index in [1.54, 1.807) is 0 Å². The fourth-order valence-corrected chi connectivity index (χ4v) is 23.4. The maximum absolute atomic E-state index is 6.61. The van der Waals surface area contributed by atoms with Gasteiger partial charge in [-0.3, -0.25) is 0 Å². The van der Waals surface area contributed by atoms with E-state index in [0.717, 1.165) is 89.4 Å². The molecule has 0 saturated carbocycles. The molecule has 23 aromatic rings. The van der Waals surface area contributed by atoms with Crippen LogP contribution in [0.5, 0.6) is 0 Å².